The minimum atomic E-state index is -4.84. The van der Waals surface area contributed by atoms with Crippen molar-refractivity contribution in [2.45, 2.75) is 117 Å². The second-order valence-corrected chi connectivity index (χ2v) is 20.8. The van der Waals surface area contributed by atoms with Gasteiger partial charge in [0.25, 0.3) is 0 Å². The number of aliphatic hydroxyl groups is 1. The van der Waals surface area contributed by atoms with Crippen molar-refractivity contribution in [2.75, 3.05) is 20.2 Å². The Balaban J connectivity index is 1.41. The van der Waals surface area contributed by atoms with E-state index in [0.717, 1.165) is 22.4 Å². The second kappa shape index (κ2) is 21.9. The number of amides is 5. The number of carbonyl (C=O) groups is 4. The van der Waals surface area contributed by atoms with Crippen LogP contribution >= 0.6 is 7.82 Å². The Morgan fingerprint density at radius 2 is 1.43 bits per heavy atom. The van der Waals surface area contributed by atoms with Crippen LogP contribution in [0.25, 0.3) is 11.3 Å². The first-order valence-corrected chi connectivity index (χ1v) is 23.8. The first-order chi connectivity index (χ1) is 31.3. The highest BCUT2D eigenvalue weighted by Crippen LogP contribution is 2.44. The van der Waals surface area contributed by atoms with Gasteiger partial charge in [-0.15, -0.1) is 0 Å². The van der Waals surface area contributed by atoms with E-state index in [1.807, 2.05) is 114 Å². The molecule has 4 aromatic rings. The molecule has 2 aromatic carbocycles. The molecule has 0 spiro atoms. The summed E-state index contributed by atoms with van der Waals surface area (Å²) in [5.74, 6) is -0.950. The van der Waals surface area contributed by atoms with Crippen LogP contribution in [0.4, 0.5) is 9.59 Å². The van der Waals surface area contributed by atoms with E-state index in [0.29, 0.717) is 12.1 Å². The summed E-state index contributed by atoms with van der Waals surface area (Å²) in [5, 5.41) is 21.2. The lowest BCUT2D eigenvalue weighted by molar-refractivity contribution is -0.131. The Kier molecular flexibility index (Phi) is 17.1. The molecule has 0 bridgehead atoms. The zero-order valence-corrected chi connectivity index (χ0v) is 40.7. The average molecular weight is 944 g/mol. The molecule has 1 aliphatic rings. The zero-order chi connectivity index (χ0) is 49.3. The molecular formula is C49H66N7O10P. The maximum Gasteiger partial charge on any atom is 0.470 e. The number of nitrogens with one attached hydrogen (secondary N) is 3. The average Bonchev–Trinajstić information content (AvgIpc) is 3.59. The molecule has 2 aromatic heterocycles. The van der Waals surface area contributed by atoms with Crippen molar-refractivity contribution in [3.05, 3.63) is 120 Å². The first-order valence-electron chi connectivity index (χ1n) is 22.3. The highest BCUT2D eigenvalue weighted by Gasteiger charge is 2.45. The third kappa shape index (κ3) is 14.9. The molecule has 362 valence electrons. The Morgan fingerprint density at radius 1 is 0.776 bits per heavy atom. The SMILES string of the molecule is COC(=O)N[C@H](C(=O)N[C@H](Cc1ccc(-c2ccccn2)cc1)C[C@H](O)[C@H](Cc1ccccc1)NC(=O)[C@@H](N1CCN(Cc2cccc(C(C)(C)OP(=O)(O)O)n2)C1=O)C(C)(C)C)C(C)(C)C. The number of methoxy groups -OCH3 is 1. The molecule has 5 atom stereocenters. The molecule has 5 amide bonds. The lowest BCUT2D eigenvalue weighted by atomic mass is 9.84. The van der Waals surface area contributed by atoms with Gasteiger partial charge in [-0.2, -0.15) is 0 Å². The molecule has 0 unspecified atom stereocenters. The molecule has 6 N–H and O–H groups in total. The van der Waals surface area contributed by atoms with Gasteiger partial charge >= 0.3 is 19.9 Å². The molecule has 3 heterocycles. The summed E-state index contributed by atoms with van der Waals surface area (Å²) < 4.78 is 21.5. The van der Waals surface area contributed by atoms with Gasteiger partial charge in [0.1, 0.15) is 17.7 Å². The van der Waals surface area contributed by atoms with E-state index >= 15 is 0 Å². The van der Waals surface area contributed by atoms with Gasteiger partial charge in [-0.3, -0.25) is 24.1 Å². The van der Waals surface area contributed by atoms with Crippen molar-refractivity contribution in [3.8, 4) is 11.3 Å². The minimum Gasteiger partial charge on any atom is -0.453 e. The Labute approximate surface area is 393 Å². The Bertz CT molecular complexity index is 2350. The van der Waals surface area contributed by atoms with E-state index in [4.69, 9.17) is 9.26 Å². The van der Waals surface area contributed by atoms with E-state index in [2.05, 4.69) is 25.9 Å². The first kappa shape index (κ1) is 52.3. The van der Waals surface area contributed by atoms with Crippen molar-refractivity contribution in [1.29, 1.82) is 0 Å². The standard InChI is InChI=1S/C49H66N7O10P/c1-47(2,3)41(54-45(60)65-9)43(58)52-36(28-33-21-23-34(24-22-33)37-19-13-14-25-50-37)30-39(57)38(29-32-16-11-10-12-17-32)53-44(59)42(48(4,5)6)56-27-26-55(46(56)61)31-35-18-15-20-40(51-35)49(7,8)66-67(62,63)64/h10-25,36,38-39,41-42,57H,26-31H2,1-9H3,(H,52,58)(H,53,59)(H,54,60)(H2,62,63,64)/t36-,38+,39+,41-,42-/m1/s1. The van der Waals surface area contributed by atoms with E-state index in [1.165, 1.54) is 25.9 Å². The van der Waals surface area contributed by atoms with E-state index in [-0.39, 0.29) is 38.2 Å². The summed E-state index contributed by atoms with van der Waals surface area (Å²) in [6.07, 6.45) is 0.253. The fourth-order valence-corrected chi connectivity index (χ4v) is 8.95. The minimum absolute atomic E-state index is 0.000718. The van der Waals surface area contributed by atoms with Gasteiger partial charge in [0.15, 0.2) is 0 Å². The van der Waals surface area contributed by atoms with Crippen molar-refractivity contribution in [2.24, 2.45) is 10.8 Å². The second-order valence-electron chi connectivity index (χ2n) is 19.6. The van der Waals surface area contributed by atoms with Crippen molar-refractivity contribution in [3.63, 3.8) is 0 Å². The molecule has 1 aliphatic heterocycles. The topological polar surface area (TPSA) is 233 Å². The van der Waals surface area contributed by atoms with Crippen LogP contribution in [-0.2, 0) is 48.4 Å². The number of aliphatic hydroxyl groups excluding tert-OH is 1. The smallest absolute Gasteiger partial charge is 0.453 e. The summed E-state index contributed by atoms with van der Waals surface area (Å²) >= 11 is 0. The van der Waals surface area contributed by atoms with Crippen LogP contribution in [0.5, 0.6) is 0 Å². The predicted molar refractivity (Wildman–Crippen MR) is 253 cm³/mol. The quantitative estimate of drug-likeness (QED) is 0.0585. The van der Waals surface area contributed by atoms with Crippen LogP contribution in [0.15, 0.2) is 97.2 Å². The van der Waals surface area contributed by atoms with Gasteiger partial charge in [-0.05, 0) is 79.3 Å². The maximum absolute atomic E-state index is 14.7. The fraction of sp³-hybridized carbons (Fsp3) is 0.469. The lowest BCUT2D eigenvalue weighted by Crippen LogP contribution is -2.59. The molecule has 1 saturated heterocycles. The van der Waals surface area contributed by atoms with Gasteiger partial charge in [-0.1, -0.05) is 108 Å². The van der Waals surface area contributed by atoms with E-state index in [9.17, 15) is 38.6 Å². The molecule has 5 rings (SSSR count). The van der Waals surface area contributed by atoms with Gasteiger partial charge in [0.05, 0.1) is 42.9 Å². The predicted octanol–water partition coefficient (Wildman–Crippen LogP) is 6.12. The van der Waals surface area contributed by atoms with Crippen molar-refractivity contribution >= 4 is 31.8 Å². The monoisotopic (exact) mass is 943 g/mol. The lowest BCUT2D eigenvalue weighted by Gasteiger charge is -2.38. The van der Waals surface area contributed by atoms with Gasteiger partial charge in [0, 0.05) is 30.9 Å². The van der Waals surface area contributed by atoms with Crippen LogP contribution < -0.4 is 16.0 Å². The number of carbonyl (C=O) groups excluding carboxylic acids is 4. The highest BCUT2D eigenvalue weighted by atomic mass is 31.2. The number of benzene rings is 2. The number of ether oxygens (including phenoxy) is 1. The number of nitrogens with zero attached hydrogens (tertiary/aromatic N) is 4. The molecule has 0 radical (unpaired) electrons. The summed E-state index contributed by atoms with van der Waals surface area (Å²) in [4.78, 5) is 86.5. The van der Waals surface area contributed by atoms with E-state index < -0.39 is 78.5 Å². The number of hydrogen-bond acceptors (Lipinski definition) is 10. The highest BCUT2D eigenvalue weighted by molar-refractivity contribution is 7.46. The normalized spacial score (nSPS) is 15.9. The zero-order valence-electron chi connectivity index (χ0n) is 39.8. The van der Waals surface area contributed by atoms with Gasteiger partial charge in [-0.25, -0.2) is 14.2 Å². The number of alkyl carbamates (subject to hydrolysis) is 1. The van der Waals surface area contributed by atoms with Gasteiger partial charge < -0.3 is 45.4 Å². The molecule has 0 aliphatic carbocycles. The van der Waals surface area contributed by atoms with Crippen LogP contribution in [0, 0.1) is 10.8 Å². The molecule has 17 nitrogen and oxygen atoms in total. The molecule has 0 saturated carbocycles. The maximum atomic E-state index is 14.7. The molecular weight excluding hydrogens is 878 g/mol. The number of hydrogen-bond donors (Lipinski definition) is 6. The summed E-state index contributed by atoms with van der Waals surface area (Å²) in [7, 11) is -3.62. The Morgan fingerprint density at radius 3 is 2.03 bits per heavy atom. The Hall–Kier alpha value is -5.71. The number of phosphoric ester groups is 1. The molecule has 67 heavy (non-hydrogen) atoms. The fourth-order valence-electron chi connectivity index (χ4n) is 8.26. The van der Waals surface area contributed by atoms with Crippen LogP contribution in [-0.4, -0.2) is 109 Å². The number of pyridine rings is 2. The summed E-state index contributed by atoms with van der Waals surface area (Å²) in [6.45, 7) is 14.6. The van der Waals surface area contributed by atoms with Gasteiger partial charge in [0.2, 0.25) is 11.8 Å². The number of rotatable bonds is 19. The summed E-state index contributed by atoms with van der Waals surface area (Å²) in [5.41, 5.74) is 1.20. The van der Waals surface area contributed by atoms with Crippen LogP contribution in [0.1, 0.15) is 84.3 Å². The molecule has 18 heteroatoms. The van der Waals surface area contributed by atoms with Crippen LogP contribution in [0.3, 0.4) is 0 Å². The van der Waals surface area contributed by atoms with Crippen molar-refractivity contribution in [1.82, 2.24) is 35.7 Å². The van der Waals surface area contributed by atoms with Crippen molar-refractivity contribution < 1.29 is 47.9 Å². The summed E-state index contributed by atoms with van der Waals surface area (Å²) in [6, 6.07) is 23.8. The third-order valence-corrected chi connectivity index (χ3v) is 12.3. The number of aromatic nitrogens is 2. The number of urea groups is 1. The van der Waals surface area contributed by atoms with Crippen LogP contribution in [0.2, 0.25) is 0 Å². The number of phosphoric acid groups is 1. The largest absolute Gasteiger partial charge is 0.470 e. The third-order valence-electron chi connectivity index (χ3n) is 11.6. The van der Waals surface area contributed by atoms with E-state index in [1.54, 1.807) is 29.3 Å². The molecule has 1 fully saturated rings.